The zero-order chi connectivity index (χ0) is 11.8. The number of aromatic nitrogens is 1. The lowest BCUT2D eigenvalue weighted by atomic mass is 9.93. The highest BCUT2D eigenvalue weighted by molar-refractivity contribution is 7.99. The van der Waals surface area contributed by atoms with Crippen LogP contribution in [0.15, 0.2) is 6.07 Å². The summed E-state index contributed by atoms with van der Waals surface area (Å²) in [5, 5.41) is 0. The van der Waals surface area contributed by atoms with Crippen LogP contribution in [0.3, 0.4) is 0 Å². The first kappa shape index (κ1) is 11.7. The molecule has 17 heavy (non-hydrogen) atoms. The van der Waals surface area contributed by atoms with Gasteiger partial charge >= 0.3 is 0 Å². The van der Waals surface area contributed by atoms with Crippen LogP contribution in [-0.2, 0) is 13.0 Å². The Morgan fingerprint density at radius 3 is 3.12 bits per heavy atom. The number of nitrogens with zero attached hydrogens (tertiary/aromatic N) is 1. The van der Waals surface area contributed by atoms with Gasteiger partial charge in [-0.15, -0.1) is 0 Å². The summed E-state index contributed by atoms with van der Waals surface area (Å²) in [6.45, 7) is 3.47. The predicted octanol–water partition coefficient (Wildman–Crippen LogP) is 2.89. The van der Waals surface area contributed by atoms with E-state index in [9.17, 15) is 0 Å². The van der Waals surface area contributed by atoms with E-state index in [2.05, 4.69) is 29.3 Å². The molecule has 3 rings (SSSR count). The molecular formula is C14H22N2S. The van der Waals surface area contributed by atoms with Crippen LogP contribution in [0.4, 0.5) is 0 Å². The van der Waals surface area contributed by atoms with Crippen molar-refractivity contribution in [3.05, 3.63) is 23.0 Å². The SMILES string of the molecule is Cc1cc2c(n1CC1CCSC1)CCCC2N. The summed E-state index contributed by atoms with van der Waals surface area (Å²) in [6.07, 6.45) is 5.05. The maximum absolute atomic E-state index is 6.22. The Balaban J connectivity index is 1.87. The number of nitrogens with two attached hydrogens (primary N) is 1. The van der Waals surface area contributed by atoms with Crippen LogP contribution in [0.2, 0.25) is 0 Å². The number of thioether (sulfide) groups is 1. The minimum absolute atomic E-state index is 0.289. The summed E-state index contributed by atoms with van der Waals surface area (Å²) in [7, 11) is 0. The van der Waals surface area contributed by atoms with Gasteiger partial charge in [0.2, 0.25) is 0 Å². The summed E-state index contributed by atoms with van der Waals surface area (Å²) < 4.78 is 2.56. The number of fused-ring (bicyclic) bond motifs is 1. The van der Waals surface area contributed by atoms with Crippen molar-refractivity contribution < 1.29 is 0 Å². The van der Waals surface area contributed by atoms with E-state index in [1.165, 1.54) is 54.3 Å². The molecule has 2 N–H and O–H groups in total. The van der Waals surface area contributed by atoms with Crippen LogP contribution in [0, 0.1) is 12.8 Å². The van der Waals surface area contributed by atoms with Crippen LogP contribution in [-0.4, -0.2) is 16.1 Å². The van der Waals surface area contributed by atoms with Crippen molar-refractivity contribution in [1.82, 2.24) is 4.57 Å². The van der Waals surface area contributed by atoms with Gasteiger partial charge in [0.15, 0.2) is 0 Å². The molecule has 2 aliphatic rings. The Kier molecular flexibility index (Phi) is 3.22. The minimum Gasteiger partial charge on any atom is -0.348 e. The van der Waals surface area contributed by atoms with E-state index in [4.69, 9.17) is 5.73 Å². The van der Waals surface area contributed by atoms with Crippen LogP contribution in [0.1, 0.15) is 42.3 Å². The number of aryl methyl sites for hydroxylation is 1. The van der Waals surface area contributed by atoms with Gasteiger partial charge in [0.1, 0.15) is 0 Å². The first-order valence-electron chi connectivity index (χ1n) is 6.78. The summed E-state index contributed by atoms with van der Waals surface area (Å²) in [4.78, 5) is 0. The van der Waals surface area contributed by atoms with E-state index in [-0.39, 0.29) is 6.04 Å². The third-order valence-corrected chi connectivity index (χ3v) is 5.47. The molecule has 1 aromatic rings. The molecule has 0 aromatic carbocycles. The Morgan fingerprint density at radius 1 is 1.47 bits per heavy atom. The van der Waals surface area contributed by atoms with Crippen molar-refractivity contribution in [2.45, 2.75) is 45.2 Å². The average molecular weight is 250 g/mol. The molecule has 0 saturated carbocycles. The average Bonchev–Trinajstić information content (AvgIpc) is 2.91. The van der Waals surface area contributed by atoms with Gasteiger partial charge in [0.05, 0.1) is 0 Å². The topological polar surface area (TPSA) is 30.9 Å². The van der Waals surface area contributed by atoms with Gasteiger partial charge in [0, 0.05) is 24.0 Å². The second kappa shape index (κ2) is 4.69. The first-order chi connectivity index (χ1) is 8.25. The Labute approximate surface area is 108 Å². The van der Waals surface area contributed by atoms with Crippen LogP contribution < -0.4 is 5.73 Å². The molecule has 0 radical (unpaired) electrons. The molecule has 2 heterocycles. The van der Waals surface area contributed by atoms with Crippen LogP contribution in [0.25, 0.3) is 0 Å². The molecule has 1 aromatic heterocycles. The fraction of sp³-hybridized carbons (Fsp3) is 0.714. The van der Waals surface area contributed by atoms with Crippen molar-refractivity contribution in [3.63, 3.8) is 0 Å². The molecule has 2 unspecified atom stereocenters. The van der Waals surface area contributed by atoms with Gasteiger partial charge < -0.3 is 10.3 Å². The first-order valence-corrected chi connectivity index (χ1v) is 7.93. The van der Waals surface area contributed by atoms with Gasteiger partial charge in [-0.2, -0.15) is 11.8 Å². The van der Waals surface area contributed by atoms with Crippen molar-refractivity contribution in [3.8, 4) is 0 Å². The van der Waals surface area contributed by atoms with Gasteiger partial charge in [0.25, 0.3) is 0 Å². The van der Waals surface area contributed by atoms with Crippen molar-refractivity contribution in [2.24, 2.45) is 11.7 Å². The Morgan fingerprint density at radius 2 is 2.35 bits per heavy atom. The zero-order valence-corrected chi connectivity index (χ0v) is 11.4. The lowest BCUT2D eigenvalue weighted by molar-refractivity contribution is 0.461. The van der Waals surface area contributed by atoms with E-state index in [0.717, 1.165) is 12.3 Å². The molecule has 2 atom stereocenters. The fourth-order valence-corrected chi connectivity index (χ4v) is 4.51. The summed E-state index contributed by atoms with van der Waals surface area (Å²) in [6, 6.07) is 2.62. The predicted molar refractivity (Wildman–Crippen MR) is 74.5 cm³/mol. The van der Waals surface area contributed by atoms with E-state index in [1.807, 2.05) is 0 Å². The zero-order valence-electron chi connectivity index (χ0n) is 10.6. The molecule has 1 fully saturated rings. The highest BCUT2D eigenvalue weighted by atomic mass is 32.2. The molecule has 0 amide bonds. The van der Waals surface area contributed by atoms with Crippen molar-refractivity contribution >= 4 is 11.8 Å². The molecular weight excluding hydrogens is 228 g/mol. The fourth-order valence-electron chi connectivity index (χ4n) is 3.24. The normalized spacial score (nSPS) is 28.4. The maximum Gasteiger partial charge on any atom is 0.0313 e. The molecule has 2 nitrogen and oxygen atoms in total. The van der Waals surface area contributed by atoms with Gasteiger partial charge in [-0.3, -0.25) is 0 Å². The highest BCUT2D eigenvalue weighted by Gasteiger charge is 2.24. The lowest BCUT2D eigenvalue weighted by Gasteiger charge is -2.22. The van der Waals surface area contributed by atoms with Crippen molar-refractivity contribution in [1.29, 1.82) is 0 Å². The Hall–Kier alpha value is -0.410. The van der Waals surface area contributed by atoms with Crippen molar-refractivity contribution in [2.75, 3.05) is 11.5 Å². The molecule has 94 valence electrons. The molecule has 0 bridgehead atoms. The third kappa shape index (κ3) is 2.15. The van der Waals surface area contributed by atoms with E-state index < -0.39 is 0 Å². The summed E-state index contributed by atoms with van der Waals surface area (Å²) in [5.74, 6) is 3.58. The third-order valence-electron chi connectivity index (χ3n) is 4.24. The van der Waals surface area contributed by atoms with Gasteiger partial charge in [-0.25, -0.2) is 0 Å². The minimum atomic E-state index is 0.289. The molecule has 0 spiro atoms. The van der Waals surface area contributed by atoms with E-state index in [0.29, 0.717) is 0 Å². The molecule has 1 aliphatic heterocycles. The molecule has 3 heteroatoms. The van der Waals surface area contributed by atoms with Crippen LogP contribution in [0.5, 0.6) is 0 Å². The summed E-state index contributed by atoms with van der Waals surface area (Å²) in [5.41, 5.74) is 10.6. The molecule has 1 saturated heterocycles. The summed E-state index contributed by atoms with van der Waals surface area (Å²) >= 11 is 2.11. The number of hydrogen-bond acceptors (Lipinski definition) is 2. The standard InChI is InChI=1S/C14H22N2S/c1-10-7-12-13(15)3-2-4-14(12)16(10)8-11-5-6-17-9-11/h7,11,13H,2-6,8-9,15H2,1H3. The van der Waals surface area contributed by atoms with Gasteiger partial charge in [-0.1, -0.05) is 0 Å². The molecule has 1 aliphatic carbocycles. The maximum atomic E-state index is 6.22. The number of hydrogen-bond donors (Lipinski definition) is 1. The van der Waals surface area contributed by atoms with E-state index >= 15 is 0 Å². The highest BCUT2D eigenvalue weighted by Crippen LogP contribution is 2.33. The largest absolute Gasteiger partial charge is 0.348 e. The number of rotatable bonds is 2. The quantitative estimate of drug-likeness (QED) is 0.875. The second-order valence-corrected chi connectivity index (χ2v) is 6.68. The smallest absolute Gasteiger partial charge is 0.0313 e. The monoisotopic (exact) mass is 250 g/mol. The van der Waals surface area contributed by atoms with Gasteiger partial charge in [-0.05, 0) is 61.7 Å². The second-order valence-electron chi connectivity index (χ2n) is 5.53. The van der Waals surface area contributed by atoms with E-state index in [1.54, 1.807) is 0 Å². The van der Waals surface area contributed by atoms with Crippen LogP contribution >= 0.6 is 11.8 Å². The Bertz CT molecular complexity index is 405. The lowest BCUT2D eigenvalue weighted by Crippen LogP contribution is -2.20.